The maximum atomic E-state index is 16.0. The standard InChI is InChI=1S/C18H22FN/c1-3-14(2)17(20)18(19,15-10-6-4-7-11-15)16-12-8-5-9-13-16/h4-14,17H,3,20H2,1-2H3. The zero-order valence-corrected chi connectivity index (χ0v) is 12.1. The van der Waals surface area contributed by atoms with Crippen molar-refractivity contribution in [3.05, 3.63) is 71.8 Å². The smallest absolute Gasteiger partial charge is 0.176 e. The van der Waals surface area contributed by atoms with E-state index in [0.717, 1.165) is 6.42 Å². The monoisotopic (exact) mass is 271 g/mol. The van der Waals surface area contributed by atoms with Crippen molar-refractivity contribution in [3.8, 4) is 0 Å². The average molecular weight is 271 g/mol. The second kappa shape index (κ2) is 6.19. The van der Waals surface area contributed by atoms with Crippen molar-refractivity contribution < 1.29 is 4.39 Å². The lowest BCUT2D eigenvalue weighted by molar-refractivity contribution is 0.139. The Morgan fingerprint density at radius 3 is 1.70 bits per heavy atom. The van der Waals surface area contributed by atoms with E-state index in [-0.39, 0.29) is 5.92 Å². The van der Waals surface area contributed by atoms with Gasteiger partial charge in [0.15, 0.2) is 5.67 Å². The first-order chi connectivity index (χ1) is 9.60. The molecule has 2 rings (SSSR count). The molecule has 2 aromatic carbocycles. The van der Waals surface area contributed by atoms with Crippen LogP contribution in [0.1, 0.15) is 31.4 Å². The molecule has 1 nitrogen and oxygen atoms in total. The summed E-state index contributed by atoms with van der Waals surface area (Å²) in [5.41, 5.74) is 5.89. The summed E-state index contributed by atoms with van der Waals surface area (Å²) in [4.78, 5) is 0. The van der Waals surface area contributed by atoms with Gasteiger partial charge in [-0.05, 0) is 17.0 Å². The lowest BCUT2D eigenvalue weighted by atomic mass is 9.77. The van der Waals surface area contributed by atoms with Gasteiger partial charge in [-0.2, -0.15) is 0 Å². The summed E-state index contributed by atoms with van der Waals surface area (Å²) >= 11 is 0. The van der Waals surface area contributed by atoms with Gasteiger partial charge in [-0.3, -0.25) is 0 Å². The van der Waals surface area contributed by atoms with Crippen molar-refractivity contribution >= 4 is 0 Å². The normalized spacial score (nSPS) is 14.8. The van der Waals surface area contributed by atoms with Crippen LogP contribution >= 0.6 is 0 Å². The van der Waals surface area contributed by atoms with Crippen LogP contribution in [0.5, 0.6) is 0 Å². The average Bonchev–Trinajstić information content (AvgIpc) is 2.54. The van der Waals surface area contributed by atoms with Crippen LogP contribution in [0.15, 0.2) is 60.7 Å². The van der Waals surface area contributed by atoms with Crippen LogP contribution in [0.4, 0.5) is 4.39 Å². The van der Waals surface area contributed by atoms with Gasteiger partial charge in [-0.25, -0.2) is 4.39 Å². The molecule has 0 saturated carbocycles. The molecule has 0 fully saturated rings. The summed E-state index contributed by atoms with van der Waals surface area (Å²) < 4.78 is 16.0. The number of hydrogen-bond donors (Lipinski definition) is 1. The summed E-state index contributed by atoms with van der Waals surface area (Å²) in [6.07, 6.45) is 0.854. The molecule has 106 valence electrons. The van der Waals surface area contributed by atoms with Gasteiger partial charge in [0.1, 0.15) is 0 Å². The predicted molar refractivity (Wildman–Crippen MR) is 82.2 cm³/mol. The molecule has 0 amide bonds. The molecule has 0 aliphatic rings. The highest BCUT2D eigenvalue weighted by Crippen LogP contribution is 2.39. The number of benzene rings is 2. The van der Waals surface area contributed by atoms with Crippen molar-refractivity contribution in [2.45, 2.75) is 32.0 Å². The van der Waals surface area contributed by atoms with Gasteiger partial charge in [-0.1, -0.05) is 80.9 Å². The first kappa shape index (κ1) is 14.7. The predicted octanol–water partition coefficient (Wildman–Crippen LogP) is 4.27. The molecule has 0 aliphatic heterocycles. The Balaban J connectivity index is 2.55. The van der Waals surface area contributed by atoms with E-state index in [4.69, 9.17) is 5.73 Å². The summed E-state index contributed by atoms with van der Waals surface area (Å²) in [6, 6.07) is 17.9. The quantitative estimate of drug-likeness (QED) is 0.863. The molecular formula is C18H22FN. The Labute approximate surface area is 120 Å². The highest BCUT2D eigenvalue weighted by molar-refractivity contribution is 5.38. The van der Waals surface area contributed by atoms with Crippen molar-refractivity contribution in [2.75, 3.05) is 0 Å². The fraction of sp³-hybridized carbons (Fsp3) is 0.333. The van der Waals surface area contributed by atoms with Crippen LogP contribution in [0.2, 0.25) is 0 Å². The van der Waals surface area contributed by atoms with Gasteiger partial charge in [0, 0.05) is 6.04 Å². The van der Waals surface area contributed by atoms with Gasteiger partial charge in [-0.15, -0.1) is 0 Å². The number of halogens is 1. The van der Waals surface area contributed by atoms with Gasteiger partial charge < -0.3 is 5.73 Å². The summed E-state index contributed by atoms with van der Waals surface area (Å²) in [5, 5.41) is 0. The van der Waals surface area contributed by atoms with Gasteiger partial charge in [0.2, 0.25) is 0 Å². The number of hydrogen-bond acceptors (Lipinski definition) is 1. The van der Waals surface area contributed by atoms with Crippen molar-refractivity contribution in [2.24, 2.45) is 11.7 Å². The fourth-order valence-electron chi connectivity index (χ4n) is 2.56. The minimum Gasteiger partial charge on any atom is -0.324 e. The molecule has 2 heteroatoms. The Kier molecular flexibility index (Phi) is 4.56. The number of nitrogens with two attached hydrogens (primary N) is 1. The van der Waals surface area contributed by atoms with Gasteiger partial charge in [0.05, 0.1) is 0 Å². The molecule has 2 unspecified atom stereocenters. The van der Waals surface area contributed by atoms with Crippen LogP contribution in [0.3, 0.4) is 0 Å². The second-order valence-electron chi connectivity index (χ2n) is 5.36. The molecule has 0 radical (unpaired) electrons. The largest absolute Gasteiger partial charge is 0.324 e. The minimum absolute atomic E-state index is 0.0976. The van der Waals surface area contributed by atoms with E-state index >= 15 is 4.39 Å². The van der Waals surface area contributed by atoms with Crippen molar-refractivity contribution in [3.63, 3.8) is 0 Å². The second-order valence-corrected chi connectivity index (χ2v) is 5.36. The van der Waals surface area contributed by atoms with E-state index in [1.54, 1.807) is 0 Å². The highest BCUT2D eigenvalue weighted by atomic mass is 19.1. The molecule has 0 bridgehead atoms. The number of alkyl halides is 1. The molecule has 20 heavy (non-hydrogen) atoms. The SMILES string of the molecule is CCC(C)C(N)C(F)(c1ccccc1)c1ccccc1. The van der Waals surface area contributed by atoms with Crippen LogP contribution in [-0.2, 0) is 5.67 Å². The maximum Gasteiger partial charge on any atom is 0.176 e. The van der Waals surface area contributed by atoms with E-state index < -0.39 is 11.7 Å². The fourth-order valence-corrected chi connectivity index (χ4v) is 2.56. The Bertz CT molecular complexity index is 484. The van der Waals surface area contributed by atoms with Gasteiger partial charge >= 0.3 is 0 Å². The molecule has 0 saturated heterocycles. The van der Waals surface area contributed by atoms with Crippen LogP contribution < -0.4 is 5.73 Å². The molecule has 0 heterocycles. The molecule has 2 N–H and O–H groups in total. The molecule has 0 aliphatic carbocycles. The molecule has 2 aromatic rings. The first-order valence-corrected chi connectivity index (χ1v) is 7.16. The summed E-state index contributed by atoms with van der Waals surface area (Å²) in [7, 11) is 0. The topological polar surface area (TPSA) is 26.0 Å². The van der Waals surface area contributed by atoms with E-state index in [0.29, 0.717) is 11.1 Å². The van der Waals surface area contributed by atoms with E-state index in [1.807, 2.05) is 74.5 Å². The van der Waals surface area contributed by atoms with E-state index in [2.05, 4.69) is 0 Å². The minimum atomic E-state index is -1.65. The highest BCUT2D eigenvalue weighted by Gasteiger charge is 2.42. The van der Waals surface area contributed by atoms with E-state index in [9.17, 15) is 0 Å². The third kappa shape index (κ3) is 2.61. The lowest BCUT2D eigenvalue weighted by Gasteiger charge is -2.35. The Morgan fingerprint density at radius 2 is 1.35 bits per heavy atom. The van der Waals surface area contributed by atoms with Gasteiger partial charge in [0.25, 0.3) is 0 Å². The third-order valence-electron chi connectivity index (χ3n) is 4.10. The molecule has 0 spiro atoms. The van der Waals surface area contributed by atoms with Crippen LogP contribution in [0, 0.1) is 5.92 Å². The van der Waals surface area contributed by atoms with Crippen molar-refractivity contribution in [1.29, 1.82) is 0 Å². The third-order valence-corrected chi connectivity index (χ3v) is 4.10. The lowest BCUT2D eigenvalue weighted by Crippen LogP contribution is -2.47. The summed E-state index contributed by atoms with van der Waals surface area (Å²) in [6.45, 7) is 4.05. The molecular weight excluding hydrogens is 249 g/mol. The van der Waals surface area contributed by atoms with E-state index in [1.165, 1.54) is 0 Å². The molecule has 2 atom stereocenters. The Hall–Kier alpha value is -1.67. The zero-order chi connectivity index (χ0) is 14.6. The maximum absolute atomic E-state index is 16.0. The zero-order valence-electron chi connectivity index (χ0n) is 12.1. The first-order valence-electron chi connectivity index (χ1n) is 7.16. The van der Waals surface area contributed by atoms with Crippen molar-refractivity contribution in [1.82, 2.24) is 0 Å². The van der Waals surface area contributed by atoms with Crippen LogP contribution in [0.25, 0.3) is 0 Å². The summed E-state index contributed by atoms with van der Waals surface area (Å²) in [5.74, 6) is 0.0976. The molecule has 0 aromatic heterocycles. The number of rotatable bonds is 5. The van der Waals surface area contributed by atoms with Crippen LogP contribution in [-0.4, -0.2) is 6.04 Å². The Morgan fingerprint density at radius 1 is 0.950 bits per heavy atom.